The van der Waals surface area contributed by atoms with Crippen LogP contribution in [0.1, 0.15) is 55.2 Å². The lowest BCUT2D eigenvalue weighted by Gasteiger charge is -2.23. The Hall–Kier alpha value is -1.91. The average molecular weight is 368 g/mol. The van der Waals surface area contributed by atoms with E-state index in [0.29, 0.717) is 5.41 Å². The van der Waals surface area contributed by atoms with E-state index in [1.165, 1.54) is 48.0 Å². The zero-order valence-corrected chi connectivity index (χ0v) is 16.0. The molecule has 0 aromatic heterocycles. The molecule has 0 saturated heterocycles. The van der Waals surface area contributed by atoms with Crippen LogP contribution in [0.15, 0.2) is 53.4 Å². The van der Waals surface area contributed by atoms with E-state index in [4.69, 9.17) is 5.14 Å². The van der Waals surface area contributed by atoms with E-state index in [2.05, 4.69) is 31.2 Å². The molecule has 0 atom stereocenters. The van der Waals surface area contributed by atoms with E-state index in [0.717, 1.165) is 18.4 Å². The largest absolute Gasteiger partial charge is 0.238 e. The number of sulfonamides is 1. The Kier molecular flexibility index (Phi) is 4.28. The molecule has 1 spiro atoms. The van der Waals surface area contributed by atoms with Crippen molar-refractivity contribution < 1.29 is 8.42 Å². The van der Waals surface area contributed by atoms with Crippen molar-refractivity contribution in [2.75, 3.05) is 0 Å². The monoisotopic (exact) mass is 367 g/mol. The summed E-state index contributed by atoms with van der Waals surface area (Å²) >= 11 is 0. The van der Waals surface area contributed by atoms with Crippen molar-refractivity contribution in [2.24, 2.45) is 10.6 Å². The molecule has 0 aliphatic heterocycles. The molecule has 0 unspecified atom stereocenters. The summed E-state index contributed by atoms with van der Waals surface area (Å²) in [6.07, 6.45) is 7.44. The van der Waals surface area contributed by atoms with Gasteiger partial charge < -0.3 is 0 Å². The van der Waals surface area contributed by atoms with Crippen LogP contribution in [-0.2, 0) is 10.0 Å². The molecule has 0 radical (unpaired) electrons. The predicted octanol–water partition coefficient (Wildman–Crippen LogP) is 4.91. The molecule has 4 rings (SSSR count). The van der Waals surface area contributed by atoms with Crippen LogP contribution in [0.4, 0.5) is 0 Å². The predicted molar refractivity (Wildman–Crippen MR) is 106 cm³/mol. The fraction of sp³-hybridized carbons (Fsp3) is 0.364. The normalized spacial score (nSPS) is 19.5. The van der Waals surface area contributed by atoms with Gasteiger partial charge >= 0.3 is 0 Å². The van der Waals surface area contributed by atoms with E-state index in [1.54, 1.807) is 12.1 Å². The maximum atomic E-state index is 11.6. The second-order valence-corrected chi connectivity index (χ2v) is 9.51. The Labute approximate surface area is 156 Å². The molecule has 2 aliphatic rings. The van der Waals surface area contributed by atoms with Crippen LogP contribution in [0.3, 0.4) is 0 Å². The van der Waals surface area contributed by atoms with Crippen LogP contribution in [0.5, 0.6) is 0 Å². The Morgan fingerprint density at radius 3 is 1.73 bits per heavy atom. The maximum absolute atomic E-state index is 11.6. The topological polar surface area (TPSA) is 60.2 Å². The van der Waals surface area contributed by atoms with E-state index in [-0.39, 0.29) is 4.90 Å². The summed E-state index contributed by atoms with van der Waals surface area (Å²) < 4.78 is 23.1. The van der Waals surface area contributed by atoms with Crippen molar-refractivity contribution in [1.29, 1.82) is 0 Å². The number of allylic oxidation sites excluding steroid dienone is 2. The molecule has 2 aromatic rings. The molecule has 4 heteroatoms. The summed E-state index contributed by atoms with van der Waals surface area (Å²) in [7, 11) is -3.65. The van der Waals surface area contributed by atoms with Crippen LogP contribution in [0.2, 0.25) is 0 Å². The lowest BCUT2D eigenvalue weighted by atomic mass is 9.81. The minimum atomic E-state index is -3.65. The molecule has 1 saturated carbocycles. The highest BCUT2D eigenvalue weighted by molar-refractivity contribution is 7.89. The zero-order chi connectivity index (χ0) is 18.4. The summed E-state index contributed by atoms with van der Waals surface area (Å²) in [5.41, 5.74) is 6.88. The van der Waals surface area contributed by atoms with Crippen LogP contribution in [0.25, 0.3) is 11.1 Å². The van der Waals surface area contributed by atoms with Gasteiger partial charge in [-0.15, -0.1) is 0 Å². The lowest BCUT2D eigenvalue weighted by Crippen LogP contribution is -2.12. The number of hydrogen-bond donors (Lipinski definition) is 1. The summed E-state index contributed by atoms with van der Waals surface area (Å²) in [5.74, 6) is 0. The third kappa shape index (κ3) is 3.24. The molecule has 136 valence electrons. The van der Waals surface area contributed by atoms with E-state index >= 15 is 0 Å². The number of nitrogens with two attached hydrogens (primary N) is 1. The molecule has 0 bridgehead atoms. The first kappa shape index (κ1) is 17.5. The van der Waals surface area contributed by atoms with Crippen molar-refractivity contribution >= 4 is 21.2 Å². The Balaban J connectivity index is 1.78. The van der Waals surface area contributed by atoms with Crippen LogP contribution >= 0.6 is 0 Å². The van der Waals surface area contributed by atoms with Gasteiger partial charge in [0.25, 0.3) is 0 Å². The first-order chi connectivity index (χ1) is 12.4. The summed E-state index contributed by atoms with van der Waals surface area (Å²) in [4.78, 5) is 0.173. The molecular formula is C22H25NO2S. The van der Waals surface area contributed by atoms with Gasteiger partial charge in [0.1, 0.15) is 0 Å². The van der Waals surface area contributed by atoms with Gasteiger partial charge in [0.05, 0.1) is 4.90 Å². The number of aryl methyl sites for hydroxylation is 1. The van der Waals surface area contributed by atoms with Crippen LogP contribution in [-0.4, -0.2) is 8.42 Å². The van der Waals surface area contributed by atoms with E-state index in [9.17, 15) is 8.42 Å². The van der Waals surface area contributed by atoms with E-state index < -0.39 is 10.0 Å². The number of primary sulfonamides is 1. The quantitative estimate of drug-likeness (QED) is 0.838. The second kappa shape index (κ2) is 6.36. The molecule has 1 fully saturated rings. The van der Waals surface area contributed by atoms with Crippen molar-refractivity contribution in [2.45, 2.75) is 50.3 Å². The average Bonchev–Trinajstić information content (AvgIpc) is 3.22. The van der Waals surface area contributed by atoms with Crippen molar-refractivity contribution in [1.82, 2.24) is 0 Å². The first-order valence-electron chi connectivity index (χ1n) is 9.29. The van der Waals surface area contributed by atoms with Gasteiger partial charge in [0.15, 0.2) is 0 Å². The highest BCUT2D eigenvalue weighted by Crippen LogP contribution is 2.57. The zero-order valence-electron chi connectivity index (χ0n) is 15.2. The van der Waals surface area contributed by atoms with Gasteiger partial charge in [0.2, 0.25) is 10.0 Å². The number of benzene rings is 2. The molecule has 2 N–H and O–H groups in total. The second-order valence-electron chi connectivity index (χ2n) is 7.95. The van der Waals surface area contributed by atoms with Crippen LogP contribution in [0, 0.1) is 12.3 Å². The van der Waals surface area contributed by atoms with Crippen LogP contribution < -0.4 is 5.14 Å². The summed E-state index contributed by atoms with van der Waals surface area (Å²) in [6.45, 7) is 2.11. The number of rotatable bonds is 3. The standard InChI is InChI=1S/C22H25NO2S/c1-16-4-6-17(7-5-16)20-14-22(12-2-3-13-22)15-21(20)18-8-10-19(11-9-18)26(23,24)25/h4-11H,2-3,12-15H2,1H3,(H2,23,24,25). The third-order valence-electron chi connectivity index (χ3n) is 6.06. The van der Waals surface area contributed by atoms with Gasteiger partial charge in [-0.3, -0.25) is 0 Å². The summed E-state index contributed by atoms with van der Waals surface area (Å²) in [5, 5.41) is 5.25. The highest BCUT2D eigenvalue weighted by Gasteiger charge is 2.41. The molecular weight excluding hydrogens is 342 g/mol. The first-order valence-corrected chi connectivity index (χ1v) is 10.8. The Bertz CT molecular complexity index is 948. The van der Waals surface area contributed by atoms with Crippen molar-refractivity contribution in [3.05, 3.63) is 65.2 Å². The van der Waals surface area contributed by atoms with Gasteiger partial charge in [-0.05, 0) is 72.4 Å². The van der Waals surface area contributed by atoms with E-state index in [1.807, 2.05) is 12.1 Å². The minimum absolute atomic E-state index is 0.173. The third-order valence-corrected chi connectivity index (χ3v) is 6.99. The molecule has 2 aliphatic carbocycles. The molecule has 0 heterocycles. The van der Waals surface area contributed by atoms with Gasteiger partial charge in [-0.1, -0.05) is 54.8 Å². The Morgan fingerprint density at radius 2 is 1.27 bits per heavy atom. The smallest absolute Gasteiger partial charge is 0.225 e. The maximum Gasteiger partial charge on any atom is 0.238 e. The molecule has 2 aromatic carbocycles. The van der Waals surface area contributed by atoms with Gasteiger partial charge in [0, 0.05) is 0 Å². The van der Waals surface area contributed by atoms with Gasteiger partial charge in [-0.25, -0.2) is 13.6 Å². The fourth-order valence-electron chi connectivity index (χ4n) is 4.66. The highest BCUT2D eigenvalue weighted by atomic mass is 32.2. The molecule has 0 amide bonds. The fourth-order valence-corrected chi connectivity index (χ4v) is 5.17. The Morgan fingerprint density at radius 1 is 0.808 bits per heavy atom. The minimum Gasteiger partial charge on any atom is -0.225 e. The molecule has 3 nitrogen and oxygen atoms in total. The SMILES string of the molecule is Cc1ccc(C2=C(c3ccc(S(N)(=O)=O)cc3)CC3(CCCC3)C2)cc1. The summed E-state index contributed by atoms with van der Waals surface area (Å²) in [6, 6.07) is 15.9. The van der Waals surface area contributed by atoms with Gasteiger partial charge in [-0.2, -0.15) is 0 Å². The number of hydrogen-bond acceptors (Lipinski definition) is 2. The molecule has 26 heavy (non-hydrogen) atoms. The van der Waals surface area contributed by atoms with Crippen molar-refractivity contribution in [3.8, 4) is 0 Å². The lowest BCUT2D eigenvalue weighted by molar-refractivity contribution is 0.330. The van der Waals surface area contributed by atoms with Crippen molar-refractivity contribution in [3.63, 3.8) is 0 Å².